The van der Waals surface area contributed by atoms with Gasteiger partial charge >= 0.3 is 6.03 Å². The Morgan fingerprint density at radius 1 is 0.964 bits per heavy atom. The Labute approximate surface area is 163 Å². The Bertz CT molecular complexity index is 901. The number of rotatable bonds is 7. The van der Waals surface area contributed by atoms with E-state index in [1.807, 2.05) is 30.3 Å². The van der Waals surface area contributed by atoms with Crippen LogP contribution < -0.4 is 20.1 Å². The fraction of sp³-hybridized carbons (Fsp3) is 0.136. The minimum Gasteiger partial charge on any atom is -0.497 e. The molecule has 3 rings (SSSR count). The lowest BCUT2D eigenvalue weighted by Gasteiger charge is -2.20. The largest absolute Gasteiger partial charge is 0.497 e. The van der Waals surface area contributed by atoms with Gasteiger partial charge in [0.25, 0.3) is 0 Å². The minimum absolute atomic E-state index is 0.0843. The highest BCUT2D eigenvalue weighted by molar-refractivity contribution is 5.89. The summed E-state index contributed by atoms with van der Waals surface area (Å²) in [7, 11) is 1.58. The van der Waals surface area contributed by atoms with Crippen LogP contribution in [0.5, 0.6) is 11.5 Å². The van der Waals surface area contributed by atoms with E-state index in [1.165, 1.54) is 6.07 Å². The maximum atomic E-state index is 13.8. The molecule has 5 nitrogen and oxygen atoms in total. The molecule has 1 atom stereocenters. The molecule has 0 aliphatic carbocycles. The van der Waals surface area contributed by atoms with E-state index in [2.05, 4.69) is 10.6 Å². The molecule has 0 bridgehead atoms. The lowest BCUT2D eigenvalue weighted by molar-refractivity contribution is 0.231. The number of amides is 2. The molecule has 2 amide bonds. The van der Waals surface area contributed by atoms with Crippen molar-refractivity contribution in [2.45, 2.75) is 6.04 Å². The van der Waals surface area contributed by atoms with Gasteiger partial charge in [0.05, 0.1) is 13.2 Å². The van der Waals surface area contributed by atoms with Crippen molar-refractivity contribution in [1.29, 1.82) is 0 Å². The van der Waals surface area contributed by atoms with Crippen LogP contribution in [-0.2, 0) is 0 Å². The highest BCUT2D eigenvalue weighted by Crippen LogP contribution is 2.20. The van der Waals surface area contributed by atoms with Crippen LogP contribution in [-0.4, -0.2) is 19.7 Å². The molecule has 6 heteroatoms. The van der Waals surface area contributed by atoms with Gasteiger partial charge in [0.1, 0.15) is 12.4 Å². The maximum Gasteiger partial charge on any atom is 0.319 e. The van der Waals surface area contributed by atoms with Crippen molar-refractivity contribution >= 4 is 11.7 Å². The number of anilines is 1. The van der Waals surface area contributed by atoms with Gasteiger partial charge in [0.2, 0.25) is 0 Å². The first-order valence-electron chi connectivity index (χ1n) is 8.79. The molecular formula is C22H21FN2O3. The predicted molar refractivity (Wildman–Crippen MR) is 106 cm³/mol. The molecule has 0 unspecified atom stereocenters. The second-order valence-electron chi connectivity index (χ2n) is 6.03. The third-order valence-corrected chi connectivity index (χ3v) is 4.10. The van der Waals surface area contributed by atoms with E-state index in [0.717, 1.165) is 5.56 Å². The summed E-state index contributed by atoms with van der Waals surface area (Å²) in [5.74, 6) is 0.393. The lowest BCUT2D eigenvalue weighted by Crippen LogP contribution is -2.35. The molecule has 0 radical (unpaired) electrons. The molecule has 0 fully saturated rings. The molecule has 3 aromatic rings. The van der Waals surface area contributed by atoms with Gasteiger partial charge in [-0.05, 0) is 42.0 Å². The fourth-order valence-electron chi connectivity index (χ4n) is 2.64. The number of halogens is 1. The summed E-state index contributed by atoms with van der Waals surface area (Å²) in [5.41, 5.74) is 1.48. The molecule has 0 aromatic heterocycles. The molecule has 2 N–H and O–H groups in total. The van der Waals surface area contributed by atoms with Crippen LogP contribution in [0.1, 0.15) is 11.6 Å². The Balaban J connectivity index is 1.68. The number of hydrogen-bond acceptors (Lipinski definition) is 3. The lowest BCUT2D eigenvalue weighted by atomic mass is 10.1. The second kappa shape index (κ2) is 9.41. The van der Waals surface area contributed by atoms with Crippen LogP contribution >= 0.6 is 0 Å². The first-order chi connectivity index (χ1) is 13.7. The van der Waals surface area contributed by atoms with Crippen molar-refractivity contribution in [3.05, 3.63) is 90.2 Å². The van der Waals surface area contributed by atoms with Crippen molar-refractivity contribution < 1.29 is 18.7 Å². The number of hydrogen-bond donors (Lipinski definition) is 2. The Morgan fingerprint density at radius 2 is 1.64 bits per heavy atom. The van der Waals surface area contributed by atoms with E-state index >= 15 is 0 Å². The van der Waals surface area contributed by atoms with Gasteiger partial charge in [-0.3, -0.25) is 0 Å². The monoisotopic (exact) mass is 380 g/mol. The third-order valence-electron chi connectivity index (χ3n) is 4.10. The van der Waals surface area contributed by atoms with Crippen LogP contribution in [0, 0.1) is 5.82 Å². The second-order valence-corrected chi connectivity index (χ2v) is 6.03. The zero-order valence-electron chi connectivity index (χ0n) is 15.4. The molecule has 0 saturated carbocycles. The molecule has 0 heterocycles. The molecule has 3 aromatic carbocycles. The van der Waals surface area contributed by atoms with E-state index in [1.54, 1.807) is 49.6 Å². The maximum absolute atomic E-state index is 13.8. The van der Waals surface area contributed by atoms with Crippen LogP contribution in [0.3, 0.4) is 0 Å². The van der Waals surface area contributed by atoms with E-state index in [-0.39, 0.29) is 12.4 Å². The number of nitrogens with one attached hydrogen (secondary N) is 2. The summed E-state index contributed by atoms with van der Waals surface area (Å²) in [6.07, 6.45) is 0. The van der Waals surface area contributed by atoms with E-state index < -0.39 is 17.9 Å². The molecule has 144 valence electrons. The summed E-state index contributed by atoms with van der Waals surface area (Å²) in [6.45, 7) is 0.0843. The van der Waals surface area contributed by atoms with E-state index in [9.17, 15) is 9.18 Å². The number of urea groups is 1. The van der Waals surface area contributed by atoms with Gasteiger partial charge in [-0.2, -0.15) is 0 Å². The fourth-order valence-corrected chi connectivity index (χ4v) is 2.64. The SMILES string of the molecule is COc1ccc(NC(=O)N[C@H](COc2ccccc2F)c2ccccc2)cc1. The Morgan fingerprint density at radius 3 is 2.32 bits per heavy atom. The van der Waals surface area contributed by atoms with Crippen molar-refractivity contribution in [3.63, 3.8) is 0 Å². The number of benzene rings is 3. The standard InChI is InChI=1S/C22H21FN2O3/c1-27-18-13-11-17(12-14-18)24-22(26)25-20(16-7-3-2-4-8-16)15-28-21-10-6-5-9-19(21)23/h2-14,20H,15H2,1H3,(H2,24,25,26)/t20-/m1/s1. The molecular weight excluding hydrogens is 359 g/mol. The number of methoxy groups -OCH3 is 1. The van der Waals surface area contributed by atoms with Crippen LogP contribution in [0.15, 0.2) is 78.9 Å². The van der Waals surface area contributed by atoms with Crippen molar-refractivity contribution in [2.75, 3.05) is 19.0 Å². The third kappa shape index (κ3) is 5.23. The van der Waals surface area contributed by atoms with E-state index in [0.29, 0.717) is 11.4 Å². The van der Waals surface area contributed by atoms with Gasteiger partial charge in [-0.1, -0.05) is 42.5 Å². The number of carbonyl (C=O) groups is 1. The molecule has 0 saturated heterocycles. The smallest absolute Gasteiger partial charge is 0.319 e. The highest BCUT2D eigenvalue weighted by Gasteiger charge is 2.16. The van der Waals surface area contributed by atoms with Crippen LogP contribution in [0.25, 0.3) is 0 Å². The van der Waals surface area contributed by atoms with Crippen molar-refractivity contribution in [3.8, 4) is 11.5 Å². The summed E-state index contributed by atoms with van der Waals surface area (Å²) in [4.78, 5) is 12.4. The molecule has 0 aliphatic rings. The molecule has 0 spiro atoms. The molecule has 28 heavy (non-hydrogen) atoms. The number of ether oxygens (including phenoxy) is 2. The average molecular weight is 380 g/mol. The average Bonchev–Trinajstić information content (AvgIpc) is 2.73. The van der Waals surface area contributed by atoms with Gasteiger partial charge < -0.3 is 20.1 Å². The summed E-state index contributed by atoms with van der Waals surface area (Å²) >= 11 is 0. The van der Waals surface area contributed by atoms with Crippen LogP contribution in [0.4, 0.5) is 14.9 Å². The van der Waals surface area contributed by atoms with Gasteiger partial charge in [-0.25, -0.2) is 9.18 Å². The topological polar surface area (TPSA) is 59.6 Å². The van der Waals surface area contributed by atoms with Crippen LogP contribution in [0.2, 0.25) is 0 Å². The van der Waals surface area contributed by atoms with Crippen molar-refractivity contribution in [1.82, 2.24) is 5.32 Å². The summed E-state index contributed by atoms with van der Waals surface area (Å²) in [6, 6.07) is 21.7. The van der Waals surface area contributed by atoms with Gasteiger partial charge in [0.15, 0.2) is 11.6 Å². The van der Waals surface area contributed by atoms with Gasteiger partial charge in [-0.15, -0.1) is 0 Å². The summed E-state index contributed by atoms with van der Waals surface area (Å²) in [5, 5.41) is 5.64. The predicted octanol–water partition coefficient (Wildman–Crippen LogP) is 4.78. The highest BCUT2D eigenvalue weighted by atomic mass is 19.1. The minimum atomic E-state index is -0.459. The van der Waals surface area contributed by atoms with E-state index in [4.69, 9.17) is 9.47 Å². The number of carbonyl (C=O) groups excluding carboxylic acids is 1. The number of para-hydroxylation sites is 1. The van der Waals surface area contributed by atoms with Gasteiger partial charge in [0, 0.05) is 5.69 Å². The first kappa shape index (κ1) is 19.2. The zero-order chi connectivity index (χ0) is 19.8. The Kier molecular flexibility index (Phi) is 6.46. The van der Waals surface area contributed by atoms with Crippen molar-refractivity contribution in [2.24, 2.45) is 0 Å². The zero-order valence-corrected chi connectivity index (χ0v) is 15.4. The summed E-state index contributed by atoms with van der Waals surface area (Å²) < 4.78 is 24.5. The Hall–Kier alpha value is -3.54. The normalized spacial score (nSPS) is 11.4. The first-order valence-corrected chi connectivity index (χ1v) is 8.79. The quantitative estimate of drug-likeness (QED) is 0.620. The molecule has 0 aliphatic heterocycles.